The fourth-order valence-electron chi connectivity index (χ4n) is 3.01. The highest BCUT2D eigenvalue weighted by Crippen LogP contribution is 2.18. The molecule has 28 heavy (non-hydrogen) atoms. The zero-order valence-corrected chi connectivity index (χ0v) is 15.6. The van der Waals surface area contributed by atoms with Crippen LogP contribution in [-0.4, -0.2) is 36.6 Å². The third-order valence-corrected chi connectivity index (χ3v) is 4.48. The topological polar surface area (TPSA) is 86.4 Å². The molecular formula is C20H24FN5O2. The zero-order chi connectivity index (χ0) is 19.8. The quantitative estimate of drug-likeness (QED) is 0.714. The first-order chi connectivity index (χ1) is 13.6. The molecule has 1 saturated heterocycles. The maximum Gasteiger partial charge on any atom is 0.315 e. The summed E-state index contributed by atoms with van der Waals surface area (Å²) in [7, 11) is 0. The van der Waals surface area contributed by atoms with Crippen LogP contribution >= 0.6 is 0 Å². The Morgan fingerprint density at radius 2 is 1.79 bits per heavy atom. The van der Waals surface area contributed by atoms with Gasteiger partial charge in [-0.3, -0.25) is 4.79 Å². The SMILES string of the molecule is O=C(CNC(=O)NCc1ccnc(N2CCCCC2)c1)Nc1ccc(F)cc1. The predicted molar refractivity (Wildman–Crippen MR) is 106 cm³/mol. The van der Waals surface area contributed by atoms with E-state index in [2.05, 4.69) is 25.8 Å². The van der Waals surface area contributed by atoms with E-state index in [1.807, 2.05) is 12.1 Å². The number of nitrogens with zero attached hydrogens (tertiary/aromatic N) is 2. The van der Waals surface area contributed by atoms with E-state index < -0.39 is 11.9 Å². The molecule has 0 saturated carbocycles. The first kappa shape index (κ1) is 19.6. The molecule has 7 nitrogen and oxygen atoms in total. The summed E-state index contributed by atoms with van der Waals surface area (Å²) in [5.41, 5.74) is 1.41. The minimum Gasteiger partial charge on any atom is -0.357 e. The number of nitrogens with one attached hydrogen (secondary N) is 3. The Balaban J connectivity index is 1.41. The molecule has 8 heteroatoms. The molecule has 1 fully saturated rings. The van der Waals surface area contributed by atoms with Gasteiger partial charge in [-0.1, -0.05) is 0 Å². The van der Waals surface area contributed by atoms with Crippen LogP contribution in [0.1, 0.15) is 24.8 Å². The highest BCUT2D eigenvalue weighted by atomic mass is 19.1. The Hall–Kier alpha value is -3.16. The lowest BCUT2D eigenvalue weighted by molar-refractivity contribution is -0.115. The normalized spacial score (nSPS) is 13.7. The Morgan fingerprint density at radius 1 is 1.04 bits per heavy atom. The summed E-state index contributed by atoms with van der Waals surface area (Å²) >= 11 is 0. The van der Waals surface area contributed by atoms with Gasteiger partial charge in [0.25, 0.3) is 0 Å². The van der Waals surface area contributed by atoms with Crippen molar-refractivity contribution in [2.24, 2.45) is 0 Å². The van der Waals surface area contributed by atoms with Crippen LogP contribution in [-0.2, 0) is 11.3 Å². The molecule has 3 N–H and O–H groups in total. The van der Waals surface area contributed by atoms with Crippen LogP contribution in [0.5, 0.6) is 0 Å². The lowest BCUT2D eigenvalue weighted by Gasteiger charge is -2.27. The van der Waals surface area contributed by atoms with Gasteiger partial charge >= 0.3 is 6.03 Å². The van der Waals surface area contributed by atoms with Crippen molar-refractivity contribution < 1.29 is 14.0 Å². The maximum atomic E-state index is 12.8. The molecular weight excluding hydrogens is 361 g/mol. The summed E-state index contributed by atoms with van der Waals surface area (Å²) in [5.74, 6) is 0.159. The zero-order valence-electron chi connectivity index (χ0n) is 15.6. The van der Waals surface area contributed by atoms with E-state index in [9.17, 15) is 14.0 Å². The second-order valence-corrected chi connectivity index (χ2v) is 6.66. The fraction of sp³-hybridized carbons (Fsp3) is 0.350. The molecule has 0 spiro atoms. The molecule has 0 radical (unpaired) electrons. The van der Waals surface area contributed by atoms with Crippen molar-refractivity contribution in [1.82, 2.24) is 15.6 Å². The second kappa shape index (κ2) is 9.68. The standard InChI is InChI=1S/C20H24FN5O2/c21-16-4-6-17(7-5-16)25-19(27)14-24-20(28)23-13-15-8-9-22-18(12-15)26-10-2-1-3-11-26/h4-9,12H,1-3,10-11,13-14H2,(H,25,27)(H2,23,24,28). The monoisotopic (exact) mass is 385 g/mol. The van der Waals surface area contributed by atoms with Crippen molar-refractivity contribution in [1.29, 1.82) is 0 Å². The molecule has 2 heterocycles. The number of pyridine rings is 1. The highest BCUT2D eigenvalue weighted by molar-refractivity contribution is 5.94. The van der Waals surface area contributed by atoms with Crippen LogP contribution in [0.25, 0.3) is 0 Å². The van der Waals surface area contributed by atoms with Crippen LogP contribution in [0.4, 0.5) is 20.7 Å². The predicted octanol–water partition coefficient (Wildman–Crippen LogP) is 2.65. The van der Waals surface area contributed by atoms with Crippen molar-refractivity contribution in [3.63, 3.8) is 0 Å². The summed E-state index contributed by atoms with van der Waals surface area (Å²) in [6, 6.07) is 8.81. The van der Waals surface area contributed by atoms with Gasteiger partial charge in [-0.2, -0.15) is 0 Å². The molecule has 1 aromatic carbocycles. The molecule has 0 bridgehead atoms. The van der Waals surface area contributed by atoms with Gasteiger partial charge in [0.15, 0.2) is 0 Å². The second-order valence-electron chi connectivity index (χ2n) is 6.66. The van der Waals surface area contributed by atoms with Crippen LogP contribution in [0.2, 0.25) is 0 Å². The van der Waals surface area contributed by atoms with Crippen molar-refractivity contribution in [3.8, 4) is 0 Å². The molecule has 2 aromatic rings. The van der Waals surface area contributed by atoms with Gasteiger partial charge in [-0.15, -0.1) is 0 Å². The van der Waals surface area contributed by atoms with Gasteiger partial charge in [-0.05, 0) is 61.2 Å². The third kappa shape index (κ3) is 5.94. The van der Waals surface area contributed by atoms with E-state index in [0.717, 1.165) is 24.5 Å². The number of urea groups is 1. The van der Waals surface area contributed by atoms with E-state index in [4.69, 9.17) is 0 Å². The Morgan fingerprint density at radius 3 is 2.54 bits per heavy atom. The lowest BCUT2D eigenvalue weighted by atomic mass is 10.1. The van der Waals surface area contributed by atoms with E-state index in [-0.39, 0.29) is 12.4 Å². The van der Waals surface area contributed by atoms with E-state index in [1.54, 1.807) is 6.20 Å². The summed E-state index contributed by atoms with van der Waals surface area (Å²) in [5, 5.41) is 7.81. The average Bonchev–Trinajstić information content (AvgIpc) is 2.73. The number of amides is 3. The summed E-state index contributed by atoms with van der Waals surface area (Å²) in [6.07, 6.45) is 5.35. The van der Waals surface area contributed by atoms with Gasteiger partial charge < -0.3 is 20.9 Å². The van der Waals surface area contributed by atoms with Gasteiger partial charge in [0.05, 0.1) is 6.54 Å². The largest absolute Gasteiger partial charge is 0.357 e. The third-order valence-electron chi connectivity index (χ3n) is 4.48. The van der Waals surface area contributed by atoms with Crippen LogP contribution < -0.4 is 20.9 Å². The van der Waals surface area contributed by atoms with Gasteiger partial charge in [0, 0.05) is 31.5 Å². The number of aromatic nitrogens is 1. The molecule has 3 rings (SSSR count). The molecule has 1 aliphatic heterocycles. The smallest absolute Gasteiger partial charge is 0.315 e. The number of hydrogen-bond donors (Lipinski definition) is 3. The minimum atomic E-state index is -0.439. The number of carbonyl (C=O) groups excluding carboxylic acids is 2. The van der Waals surface area contributed by atoms with Crippen LogP contribution in [0, 0.1) is 5.82 Å². The van der Waals surface area contributed by atoms with E-state index in [1.165, 1.54) is 43.5 Å². The van der Waals surface area contributed by atoms with Gasteiger partial charge in [-0.25, -0.2) is 14.2 Å². The molecule has 0 atom stereocenters. The number of halogens is 1. The first-order valence-electron chi connectivity index (χ1n) is 9.37. The Labute approximate surface area is 163 Å². The lowest BCUT2D eigenvalue weighted by Crippen LogP contribution is -2.39. The average molecular weight is 385 g/mol. The Bertz CT molecular complexity index is 806. The molecule has 1 aliphatic rings. The minimum absolute atomic E-state index is 0.182. The number of piperidine rings is 1. The highest BCUT2D eigenvalue weighted by Gasteiger charge is 2.12. The molecule has 1 aromatic heterocycles. The fourth-order valence-corrected chi connectivity index (χ4v) is 3.01. The Kier molecular flexibility index (Phi) is 6.78. The van der Waals surface area contributed by atoms with Crippen molar-refractivity contribution in [3.05, 3.63) is 54.0 Å². The molecule has 0 unspecified atom stereocenters. The number of hydrogen-bond acceptors (Lipinski definition) is 4. The van der Waals surface area contributed by atoms with Crippen molar-refractivity contribution in [2.75, 3.05) is 29.9 Å². The van der Waals surface area contributed by atoms with Crippen LogP contribution in [0.15, 0.2) is 42.6 Å². The maximum absolute atomic E-state index is 12.8. The van der Waals surface area contributed by atoms with Gasteiger partial charge in [0.2, 0.25) is 5.91 Å². The summed E-state index contributed by atoms with van der Waals surface area (Å²) in [6.45, 7) is 2.18. The van der Waals surface area contributed by atoms with Crippen LogP contribution in [0.3, 0.4) is 0 Å². The molecule has 148 valence electrons. The summed E-state index contributed by atoms with van der Waals surface area (Å²) < 4.78 is 12.8. The van der Waals surface area contributed by atoms with Crippen molar-refractivity contribution in [2.45, 2.75) is 25.8 Å². The number of carbonyl (C=O) groups is 2. The number of benzene rings is 1. The first-order valence-corrected chi connectivity index (χ1v) is 9.37. The molecule has 3 amide bonds. The number of anilines is 2. The van der Waals surface area contributed by atoms with Gasteiger partial charge in [0.1, 0.15) is 11.6 Å². The van der Waals surface area contributed by atoms with Crippen molar-refractivity contribution >= 4 is 23.4 Å². The number of rotatable bonds is 6. The van der Waals surface area contributed by atoms with E-state index >= 15 is 0 Å². The molecule has 0 aliphatic carbocycles. The van der Waals surface area contributed by atoms with E-state index in [0.29, 0.717) is 12.2 Å². The summed E-state index contributed by atoms with van der Waals surface area (Å²) in [4.78, 5) is 30.4.